The zero-order valence-electron chi connectivity index (χ0n) is 14.9. The number of amides is 2. The van der Waals surface area contributed by atoms with E-state index >= 15 is 0 Å². The fraction of sp³-hybridized carbons (Fsp3) is 0.368. The second-order valence-corrected chi connectivity index (χ2v) is 6.69. The first-order valence-electron chi connectivity index (χ1n) is 8.69. The molecule has 1 aromatic carbocycles. The van der Waals surface area contributed by atoms with Gasteiger partial charge in [0, 0.05) is 26.2 Å². The third kappa shape index (κ3) is 4.60. The Kier molecular flexibility index (Phi) is 6.01. The minimum atomic E-state index is -0.778. The number of furan rings is 1. The lowest BCUT2D eigenvalue weighted by Gasteiger charge is -2.25. The second-order valence-electron chi connectivity index (χ2n) is 6.28. The lowest BCUT2D eigenvalue weighted by Crippen LogP contribution is -2.43. The number of carbonyl (C=O) groups excluding carboxylic acids is 2. The number of nitrogens with zero attached hydrogens (tertiary/aromatic N) is 2. The number of hydrogen-bond donors (Lipinski definition) is 0. The van der Waals surface area contributed by atoms with Gasteiger partial charge in [-0.1, -0.05) is 11.6 Å². The van der Waals surface area contributed by atoms with Gasteiger partial charge in [0.2, 0.25) is 0 Å². The first-order chi connectivity index (χ1) is 13.0. The van der Waals surface area contributed by atoms with Crippen molar-refractivity contribution >= 4 is 23.4 Å². The van der Waals surface area contributed by atoms with Gasteiger partial charge < -0.3 is 19.0 Å². The number of rotatable bonds is 4. The van der Waals surface area contributed by atoms with Gasteiger partial charge in [-0.05, 0) is 43.7 Å². The minimum absolute atomic E-state index is 0.112. The van der Waals surface area contributed by atoms with Crippen molar-refractivity contribution in [1.82, 2.24) is 9.80 Å². The fourth-order valence-electron chi connectivity index (χ4n) is 2.97. The molecule has 1 fully saturated rings. The van der Waals surface area contributed by atoms with Gasteiger partial charge in [0.15, 0.2) is 11.9 Å². The average molecular weight is 395 g/mol. The van der Waals surface area contributed by atoms with E-state index in [1.807, 2.05) is 0 Å². The van der Waals surface area contributed by atoms with E-state index in [4.69, 9.17) is 20.8 Å². The van der Waals surface area contributed by atoms with Crippen LogP contribution >= 0.6 is 11.6 Å². The zero-order valence-corrected chi connectivity index (χ0v) is 15.6. The SMILES string of the molecule is CC(Oc1ccc(F)cc1Cl)C(=O)N1CCCN(C(=O)c2ccco2)CC1. The number of benzene rings is 1. The molecule has 0 radical (unpaired) electrons. The normalized spacial score (nSPS) is 16.0. The Hall–Kier alpha value is -2.54. The summed E-state index contributed by atoms with van der Waals surface area (Å²) < 4.78 is 23.9. The third-order valence-corrected chi connectivity index (χ3v) is 4.67. The van der Waals surface area contributed by atoms with Gasteiger partial charge in [-0.15, -0.1) is 0 Å². The van der Waals surface area contributed by atoms with E-state index in [1.54, 1.807) is 28.9 Å². The van der Waals surface area contributed by atoms with Crippen molar-refractivity contribution in [1.29, 1.82) is 0 Å². The molecule has 1 aliphatic heterocycles. The Morgan fingerprint density at radius 1 is 1.19 bits per heavy atom. The molecule has 1 atom stereocenters. The molecule has 6 nitrogen and oxygen atoms in total. The Labute approximate surface area is 161 Å². The molecule has 0 saturated carbocycles. The first-order valence-corrected chi connectivity index (χ1v) is 9.07. The highest BCUT2D eigenvalue weighted by atomic mass is 35.5. The van der Waals surface area contributed by atoms with E-state index in [2.05, 4.69) is 0 Å². The maximum atomic E-state index is 13.1. The smallest absolute Gasteiger partial charge is 0.289 e. The molecule has 1 aromatic heterocycles. The van der Waals surface area contributed by atoms with Gasteiger partial charge in [-0.3, -0.25) is 9.59 Å². The van der Waals surface area contributed by atoms with Crippen LogP contribution in [0.2, 0.25) is 5.02 Å². The first kappa shape index (κ1) is 19.2. The Bertz CT molecular complexity index is 812. The largest absolute Gasteiger partial charge is 0.479 e. The molecule has 0 N–H and O–H groups in total. The molecule has 3 rings (SSSR count). The molecule has 1 unspecified atom stereocenters. The molecule has 2 heterocycles. The van der Waals surface area contributed by atoms with Crippen molar-refractivity contribution in [3.05, 3.63) is 53.2 Å². The van der Waals surface area contributed by atoms with Crippen LogP contribution in [0.5, 0.6) is 5.75 Å². The maximum absolute atomic E-state index is 13.1. The van der Waals surface area contributed by atoms with Crippen LogP contribution in [0.1, 0.15) is 23.9 Å². The van der Waals surface area contributed by atoms with E-state index in [-0.39, 0.29) is 28.3 Å². The van der Waals surface area contributed by atoms with Gasteiger partial charge in [0.05, 0.1) is 11.3 Å². The fourth-order valence-corrected chi connectivity index (χ4v) is 3.18. The van der Waals surface area contributed by atoms with Crippen molar-refractivity contribution in [2.75, 3.05) is 26.2 Å². The van der Waals surface area contributed by atoms with Crippen LogP contribution in [-0.4, -0.2) is 53.9 Å². The van der Waals surface area contributed by atoms with Crippen LogP contribution in [0.3, 0.4) is 0 Å². The summed E-state index contributed by atoms with van der Waals surface area (Å²) in [6.45, 7) is 3.50. The standard InChI is InChI=1S/C19H20ClFN2O4/c1-13(27-16-6-5-14(21)12-15(16)20)18(24)22-7-3-8-23(10-9-22)19(25)17-4-2-11-26-17/h2,4-6,11-13H,3,7-10H2,1H3. The second kappa shape index (κ2) is 8.43. The average Bonchev–Trinajstić information content (AvgIpc) is 3.07. The predicted molar refractivity (Wildman–Crippen MR) is 97.3 cm³/mol. The van der Waals surface area contributed by atoms with Crippen molar-refractivity contribution < 1.29 is 23.1 Å². The number of hydrogen-bond acceptors (Lipinski definition) is 4. The van der Waals surface area contributed by atoms with Crippen LogP contribution in [0.4, 0.5) is 4.39 Å². The minimum Gasteiger partial charge on any atom is -0.479 e. The van der Waals surface area contributed by atoms with E-state index in [0.717, 1.165) is 6.07 Å². The van der Waals surface area contributed by atoms with Crippen LogP contribution in [-0.2, 0) is 4.79 Å². The van der Waals surface area contributed by atoms with E-state index in [1.165, 1.54) is 18.4 Å². The van der Waals surface area contributed by atoms with Crippen molar-refractivity contribution in [2.24, 2.45) is 0 Å². The molecule has 0 spiro atoms. The molecule has 0 bridgehead atoms. The van der Waals surface area contributed by atoms with E-state index < -0.39 is 11.9 Å². The highest BCUT2D eigenvalue weighted by molar-refractivity contribution is 6.32. The monoisotopic (exact) mass is 394 g/mol. The van der Waals surface area contributed by atoms with Gasteiger partial charge >= 0.3 is 0 Å². The molecule has 0 aliphatic carbocycles. The molecule has 27 heavy (non-hydrogen) atoms. The van der Waals surface area contributed by atoms with Crippen molar-refractivity contribution in [3.63, 3.8) is 0 Å². The molecule has 2 amide bonds. The summed E-state index contributed by atoms with van der Waals surface area (Å²) >= 11 is 5.95. The van der Waals surface area contributed by atoms with E-state index in [9.17, 15) is 14.0 Å². The summed E-state index contributed by atoms with van der Waals surface area (Å²) in [4.78, 5) is 28.4. The van der Waals surface area contributed by atoms with E-state index in [0.29, 0.717) is 32.6 Å². The quantitative estimate of drug-likeness (QED) is 0.798. The summed E-state index contributed by atoms with van der Waals surface area (Å²) in [5, 5.41) is 0.112. The Morgan fingerprint density at radius 3 is 2.63 bits per heavy atom. The molecular weight excluding hydrogens is 375 g/mol. The summed E-state index contributed by atoms with van der Waals surface area (Å²) in [5.74, 6) is -0.319. The maximum Gasteiger partial charge on any atom is 0.289 e. The highest BCUT2D eigenvalue weighted by Gasteiger charge is 2.27. The van der Waals surface area contributed by atoms with Crippen LogP contribution in [0.25, 0.3) is 0 Å². The Morgan fingerprint density at radius 2 is 1.93 bits per heavy atom. The zero-order chi connectivity index (χ0) is 19.4. The molecule has 2 aromatic rings. The summed E-state index contributed by atoms with van der Waals surface area (Å²) in [6, 6.07) is 7.05. The Balaban J connectivity index is 1.59. The lowest BCUT2D eigenvalue weighted by atomic mass is 10.3. The summed E-state index contributed by atoms with van der Waals surface area (Å²) in [5.41, 5.74) is 0. The molecule has 144 valence electrons. The molecular formula is C19H20ClFN2O4. The van der Waals surface area contributed by atoms with Gasteiger partial charge in [-0.2, -0.15) is 0 Å². The number of ether oxygens (including phenoxy) is 1. The molecule has 8 heteroatoms. The topological polar surface area (TPSA) is 63.0 Å². The van der Waals surface area contributed by atoms with Crippen molar-refractivity contribution in [2.45, 2.75) is 19.4 Å². The van der Waals surface area contributed by atoms with Gasteiger partial charge in [0.1, 0.15) is 11.6 Å². The predicted octanol–water partition coefficient (Wildman–Crippen LogP) is 3.21. The summed E-state index contributed by atoms with van der Waals surface area (Å²) in [7, 11) is 0. The lowest BCUT2D eigenvalue weighted by molar-refractivity contribution is -0.137. The van der Waals surface area contributed by atoms with Crippen LogP contribution in [0, 0.1) is 5.82 Å². The molecule has 1 aliphatic rings. The van der Waals surface area contributed by atoms with Crippen LogP contribution in [0.15, 0.2) is 41.0 Å². The number of halogens is 2. The summed E-state index contributed by atoms with van der Waals surface area (Å²) in [6.07, 6.45) is 1.34. The number of carbonyl (C=O) groups is 2. The van der Waals surface area contributed by atoms with Crippen molar-refractivity contribution in [3.8, 4) is 5.75 Å². The van der Waals surface area contributed by atoms with Crippen LogP contribution < -0.4 is 4.74 Å². The third-order valence-electron chi connectivity index (χ3n) is 4.37. The highest BCUT2D eigenvalue weighted by Crippen LogP contribution is 2.26. The van der Waals surface area contributed by atoms with Gasteiger partial charge in [-0.25, -0.2) is 4.39 Å². The van der Waals surface area contributed by atoms with Gasteiger partial charge in [0.25, 0.3) is 11.8 Å². The molecule has 1 saturated heterocycles.